The van der Waals surface area contributed by atoms with E-state index >= 15 is 0 Å². The van der Waals surface area contributed by atoms with Gasteiger partial charge in [-0.2, -0.15) is 0 Å². The van der Waals surface area contributed by atoms with Gasteiger partial charge in [-0.15, -0.1) is 0 Å². The lowest BCUT2D eigenvalue weighted by molar-refractivity contribution is 0.390. The lowest BCUT2D eigenvalue weighted by Gasteiger charge is -2.07. The zero-order valence-electron chi connectivity index (χ0n) is 12.5. The molecular formula is C15H20N2O3S. The van der Waals surface area contributed by atoms with Crippen molar-refractivity contribution in [2.75, 3.05) is 0 Å². The number of aryl methyl sites for hydroxylation is 3. The molecule has 1 heterocycles. The molecule has 1 aromatic heterocycles. The Hall–Kier alpha value is -1.66. The van der Waals surface area contributed by atoms with Gasteiger partial charge in [0.25, 0.3) is 0 Å². The topological polar surface area (TPSA) is 72.2 Å². The zero-order valence-corrected chi connectivity index (χ0v) is 13.3. The molecule has 0 atom stereocenters. The Bertz CT molecular complexity index is 684. The fraction of sp³-hybridized carbons (Fsp3) is 0.400. The van der Waals surface area contributed by atoms with E-state index in [1.54, 1.807) is 13.8 Å². The molecule has 0 saturated carbocycles. The lowest BCUT2D eigenvalue weighted by atomic mass is 10.1. The summed E-state index contributed by atoms with van der Waals surface area (Å²) in [5.74, 6) is 0.304. The van der Waals surface area contributed by atoms with Crippen LogP contribution in [-0.2, 0) is 23.0 Å². The van der Waals surface area contributed by atoms with Gasteiger partial charge in [-0.25, -0.2) is 13.1 Å². The quantitative estimate of drug-likeness (QED) is 0.890. The molecule has 0 fully saturated rings. The van der Waals surface area contributed by atoms with Crippen LogP contribution in [-0.4, -0.2) is 13.6 Å². The molecule has 0 aliphatic carbocycles. The van der Waals surface area contributed by atoms with Crippen LogP contribution in [0.5, 0.6) is 0 Å². The van der Waals surface area contributed by atoms with Crippen molar-refractivity contribution in [3.63, 3.8) is 0 Å². The van der Waals surface area contributed by atoms with Gasteiger partial charge in [0.1, 0.15) is 10.6 Å². The lowest BCUT2D eigenvalue weighted by Crippen LogP contribution is -2.24. The SMILES string of the molecule is CCCc1ccc(CNS(=O)(=O)c2c(C)noc2C)cc1. The Morgan fingerprint density at radius 2 is 1.76 bits per heavy atom. The second-order valence-electron chi connectivity index (χ2n) is 5.04. The highest BCUT2D eigenvalue weighted by atomic mass is 32.2. The maximum Gasteiger partial charge on any atom is 0.246 e. The fourth-order valence-electron chi connectivity index (χ4n) is 2.22. The summed E-state index contributed by atoms with van der Waals surface area (Å²) in [6.07, 6.45) is 2.13. The molecule has 0 amide bonds. The molecule has 0 aliphatic rings. The van der Waals surface area contributed by atoms with Crippen molar-refractivity contribution in [1.29, 1.82) is 0 Å². The second-order valence-corrected chi connectivity index (χ2v) is 6.75. The summed E-state index contributed by atoms with van der Waals surface area (Å²) >= 11 is 0. The Morgan fingerprint density at radius 3 is 2.29 bits per heavy atom. The van der Waals surface area contributed by atoms with Gasteiger partial charge in [0, 0.05) is 6.54 Å². The number of rotatable bonds is 6. The molecule has 5 nitrogen and oxygen atoms in total. The van der Waals surface area contributed by atoms with E-state index in [1.165, 1.54) is 5.56 Å². The average molecular weight is 308 g/mol. The summed E-state index contributed by atoms with van der Waals surface area (Å²) in [5, 5.41) is 3.68. The van der Waals surface area contributed by atoms with E-state index < -0.39 is 10.0 Å². The van der Waals surface area contributed by atoms with Crippen LogP contribution in [0.15, 0.2) is 33.7 Å². The number of hydrogen-bond donors (Lipinski definition) is 1. The summed E-state index contributed by atoms with van der Waals surface area (Å²) in [7, 11) is -3.60. The maximum absolute atomic E-state index is 12.3. The second kappa shape index (κ2) is 6.41. The van der Waals surface area contributed by atoms with Crippen LogP contribution in [0.1, 0.15) is 35.9 Å². The summed E-state index contributed by atoms with van der Waals surface area (Å²) in [4.78, 5) is 0.130. The van der Waals surface area contributed by atoms with Crippen LogP contribution in [0.4, 0.5) is 0 Å². The number of aromatic nitrogens is 1. The monoisotopic (exact) mass is 308 g/mol. The average Bonchev–Trinajstić information content (AvgIpc) is 2.78. The summed E-state index contributed by atoms with van der Waals surface area (Å²) < 4.78 is 32.0. The molecule has 21 heavy (non-hydrogen) atoms. The largest absolute Gasteiger partial charge is 0.360 e. The van der Waals surface area contributed by atoms with Crippen molar-refractivity contribution >= 4 is 10.0 Å². The molecule has 6 heteroatoms. The summed E-state index contributed by atoms with van der Waals surface area (Å²) in [6, 6.07) is 7.95. The van der Waals surface area contributed by atoms with Gasteiger partial charge in [0.2, 0.25) is 10.0 Å². The first-order valence-electron chi connectivity index (χ1n) is 6.94. The van der Waals surface area contributed by atoms with Crippen LogP contribution >= 0.6 is 0 Å². The van der Waals surface area contributed by atoms with Gasteiger partial charge < -0.3 is 4.52 Å². The minimum atomic E-state index is -3.60. The highest BCUT2D eigenvalue weighted by Crippen LogP contribution is 2.19. The van der Waals surface area contributed by atoms with Crippen molar-refractivity contribution in [1.82, 2.24) is 9.88 Å². The third-order valence-corrected chi connectivity index (χ3v) is 4.91. The van der Waals surface area contributed by atoms with E-state index in [0.29, 0.717) is 11.5 Å². The van der Waals surface area contributed by atoms with E-state index in [-0.39, 0.29) is 11.4 Å². The highest BCUT2D eigenvalue weighted by molar-refractivity contribution is 7.89. The Kier molecular flexibility index (Phi) is 4.80. The third kappa shape index (κ3) is 3.71. The predicted octanol–water partition coefficient (Wildman–Crippen LogP) is 2.72. The molecule has 0 unspecified atom stereocenters. The number of nitrogens with one attached hydrogen (secondary N) is 1. The molecule has 0 saturated heterocycles. The molecule has 0 radical (unpaired) electrons. The summed E-state index contributed by atoms with van der Waals surface area (Å²) in [5.41, 5.74) is 2.55. The summed E-state index contributed by atoms with van der Waals surface area (Å²) in [6.45, 7) is 5.59. The molecule has 0 aliphatic heterocycles. The molecule has 0 spiro atoms. The minimum Gasteiger partial charge on any atom is -0.360 e. The Morgan fingerprint density at radius 1 is 1.14 bits per heavy atom. The third-order valence-electron chi connectivity index (χ3n) is 3.26. The van der Waals surface area contributed by atoms with Gasteiger partial charge in [0.05, 0.1) is 0 Å². The molecule has 114 valence electrons. The molecule has 0 bridgehead atoms. The van der Waals surface area contributed by atoms with E-state index in [4.69, 9.17) is 4.52 Å². The van der Waals surface area contributed by atoms with E-state index in [2.05, 4.69) is 16.8 Å². The first kappa shape index (κ1) is 15.7. The van der Waals surface area contributed by atoms with E-state index in [0.717, 1.165) is 18.4 Å². The van der Waals surface area contributed by atoms with E-state index in [1.807, 2.05) is 24.3 Å². The Balaban J connectivity index is 2.08. The number of sulfonamides is 1. The number of benzene rings is 1. The van der Waals surface area contributed by atoms with Crippen molar-refractivity contribution in [3.8, 4) is 0 Å². The predicted molar refractivity (Wildman–Crippen MR) is 80.4 cm³/mol. The molecule has 1 N–H and O–H groups in total. The highest BCUT2D eigenvalue weighted by Gasteiger charge is 2.23. The van der Waals surface area contributed by atoms with Gasteiger partial charge in [-0.05, 0) is 31.4 Å². The normalized spacial score (nSPS) is 11.8. The number of nitrogens with zero attached hydrogens (tertiary/aromatic N) is 1. The van der Waals surface area contributed by atoms with Gasteiger partial charge in [-0.1, -0.05) is 42.8 Å². The first-order chi connectivity index (χ1) is 9.94. The Labute approximate surface area is 125 Å². The number of hydrogen-bond acceptors (Lipinski definition) is 4. The van der Waals surface area contributed by atoms with Crippen molar-refractivity contribution in [3.05, 3.63) is 46.8 Å². The van der Waals surface area contributed by atoms with Crippen LogP contribution in [0.25, 0.3) is 0 Å². The zero-order chi connectivity index (χ0) is 15.5. The molecular weight excluding hydrogens is 288 g/mol. The van der Waals surface area contributed by atoms with Crippen LogP contribution < -0.4 is 4.72 Å². The molecule has 2 aromatic rings. The van der Waals surface area contributed by atoms with Gasteiger partial charge in [0.15, 0.2) is 5.76 Å². The first-order valence-corrected chi connectivity index (χ1v) is 8.42. The van der Waals surface area contributed by atoms with Crippen LogP contribution in [0.2, 0.25) is 0 Å². The van der Waals surface area contributed by atoms with E-state index in [9.17, 15) is 8.42 Å². The maximum atomic E-state index is 12.3. The van der Waals surface area contributed by atoms with Gasteiger partial charge in [-0.3, -0.25) is 0 Å². The smallest absolute Gasteiger partial charge is 0.246 e. The van der Waals surface area contributed by atoms with Crippen molar-refractivity contribution in [2.24, 2.45) is 0 Å². The fourth-order valence-corrected chi connectivity index (χ4v) is 3.56. The minimum absolute atomic E-state index is 0.130. The standard InChI is InChI=1S/C15H20N2O3S/c1-4-5-13-6-8-14(9-7-13)10-16-21(18,19)15-11(2)17-20-12(15)3/h6-9,16H,4-5,10H2,1-3H3. The van der Waals surface area contributed by atoms with Crippen LogP contribution in [0, 0.1) is 13.8 Å². The van der Waals surface area contributed by atoms with Crippen molar-refractivity contribution in [2.45, 2.75) is 45.1 Å². The van der Waals surface area contributed by atoms with Crippen molar-refractivity contribution < 1.29 is 12.9 Å². The molecule has 2 rings (SSSR count). The van der Waals surface area contributed by atoms with Crippen LogP contribution in [0.3, 0.4) is 0 Å². The van der Waals surface area contributed by atoms with Gasteiger partial charge >= 0.3 is 0 Å². The molecule has 1 aromatic carbocycles.